The summed E-state index contributed by atoms with van der Waals surface area (Å²) in [5.74, 6) is -0.498. The Hall–Kier alpha value is -5.45. The summed E-state index contributed by atoms with van der Waals surface area (Å²) < 4.78 is 6.30. The fourth-order valence-corrected chi connectivity index (χ4v) is 6.61. The number of hydrogen-bond acceptors (Lipinski definition) is 7. The van der Waals surface area contributed by atoms with Crippen LogP contribution in [0.1, 0.15) is 46.4 Å². The van der Waals surface area contributed by atoms with E-state index in [4.69, 9.17) is 32.9 Å². The van der Waals surface area contributed by atoms with Gasteiger partial charge in [0.15, 0.2) is 0 Å². The van der Waals surface area contributed by atoms with Crippen molar-refractivity contribution >= 4 is 75.0 Å². The number of halogens is 2. The highest BCUT2D eigenvalue weighted by Gasteiger charge is 2.21. The molecule has 0 radical (unpaired) electrons. The van der Waals surface area contributed by atoms with Gasteiger partial charge in [0, 0.05) is 77.2 Å². The molecule has 6 rings (SSSR count). The first-order valence-corrected chi connectivity index (χ1v) is 17.7. The number of hydrogen-bond donors (Lipinski definition) is 2. The Morgan fingerprint density at radius 1 is 0.962 bits per heavy atom. The number of carbonyl (C=O) groups excluding carboxylic acids is 3. The molecule has 1 fully saturated rings. The van der Waals surface area contributed by atoms with Crippen molar-refractivity contribution in [1.29, 1.82) is 0 Å². The summed E-state index contributed by atoms with van der Waals surface area (Å²) in [6.07, 6.45) is 9.68. The minimum absolute atomic E-state index is 0.0548. The van der Waals surface area contributed by atoms with Crippen molar-refractivity contribution in [2.45, 2.75) is 32.8 Å². The molecule has 52 heavy (non-hydrogen) atoms. The van der Waals surface area contributed by atoms with Crippen LogP contribution in [-0.2, 0) is 16.2 Å². The molecule has 3 heterocycles. The van der Waals surface area contributed by atoms with Crippen LogP contribution in [0.25, 0.3) is 17.0 Å². The third-order valence-electron chi connectivity index (χ3n) is 8.83. The van der Waals surface area contributed by atoms with E-state index in [1.807, 2.05) is 19.1 Å². The lowest BCUT2D eigenvalue weighted by molar-refractivity contribution is -0.122. The molecule has 266 valence electrons. The normalized spacial score (nSPS) is 12.9. The van der Waals surface area contributed by atoms with Crippen molar-refractivity contribution in [3.8, 4) is 5.75 Å². The van der Waals surface area contributed by atoms with Crippen molar-refractivity contribution in [2.75, 3.05) is 41.8 Å². The average Bonchev–Trinajstić information content (AvgIpc) is 3.16. The zero-order chi connectivity index (χ0) is 36.6. The first-order valence-electron chi connectivity index (χ1n) is 17.0. The van der Waals surface area contributed by atoms with Crippen LogP contribution in [-0.4, -0.2) is 54.4 Å². The van der Waals surface area contributed by atoms with Crippen LogP contribution in [0, 0.1) is 6.92 Å². The van der Waals surface area contributed by atoms with Gasteiger partial charge in [-0.3, -0.25) is 19.4 Å². The summed E-state index contributed by atoms with van der Waals surface area (Å²) in [5.41, 5.74) is 5.59. The van der Waals surface area contributed by atoms with E-state index in [2.05, 4.69) is 32.7 Å². The van der Waals surface area contributed by atoms with E-state index >= 15 is 0 Å². The Labute approximate surface area is 312 Å². The molecule has 2 N–H and O–H groups in total. The summed E-state index contributed by atoms with van der Waals surface area (Å²) in [6, 6.07) is 21.5. The zero-order valence-corrected chi connectivity index (χ0v) is 30.4. The topological polar surface area (TPSA) is 117 Å². The van der Waals surface area contributed by atoms with Gasteiger partial charge in [0.2, 0.25) is 11.8 Å². The number of fused-ring (bicyclic) bond motifs is 1. The Bertz CT molecular complexity index is 2120. The number of pyridine rings is 2. The second-order valence-electron chi connectivity index (χ2n) is 12.4. The van der Waals surface area contributed by atoms with Gasteiger partial charge >= 0.3 is 0 Å². The third-order valence-corrected chi connectivity index (χ3v) is 9.61. The first-order chi connectivity index (χ1) is 25.2. The largest absolute Gasteiger partial charge is 0.487 e. The van der Waals surface area contributed by atoms with Gasteiger partial charge in [0.05, 0.1) is 17.3 Å². The lowest BCUT2D eigenvalue weighted by Gasteiger charge is -2.30. The monoisotopic (exact) mass is 736 g/mol. The number of piperidine rings is 1. The molecular weight excluding hydrogens is 699 g/mol. The molecule has 1 aliphatic rings. The van der Waals surface area contributed by atoms with Crippen LogP contribution in [0.3, 0.4) is 0 Å². The van der Waals surface area contributed by atoms with E-state index in [0.717, 1.165) is 35.4 Å². The van der Waals surface area contributed by atoms with Gasteiger partial charge in [-0.1, -0.05) is 47.5 Å². The van der Waals surface area contributed by atoms with Crippen LogP contribution in [0.4, 0.5) is 17.1 Å². The molecule has 2 aromatic heterocycles. The number of aryl methyl sites for hydroxylation is 1. The lowest BCUT2D eigenvalue weighted by atomic mass is 10.1. The number of rotatable bonds is 11. The summed E-state index contributed by atoms with van der Waals surface area (Å²) in [6.45, 7) is 3.80. The minimum Gasteiger partial charge on any atom is -0.487 e. The van der Waals surface area contributed by atoms with Crippen molar-refractivity contribution in [2.24, 2.45) is 0 Å². The highest BCUT2D eigenvalue weighted by molar-refractivity contribution is 6.38. The van der Waals surface area contributed by atoms with Gasteiger partial charge in [-0.25, -0.2) is 4.98 Å². The number of nitrogens with one attached hydrogen (secondary N) is 2. The first kappa shape index (κ1) is 36.3. The van der Waals surface area contributed by atoms with E-state index < -0.39 is 5.91 Å². The molecule has 10 nitrogen and oxygen atoms in total. The molecule has 1 aliphatic heterocycles. The number of nitrogens with zero attached hydrogens (tertiary/aromatic N) is 4. The number of likely N-dealkylation sites (N-methyl/N-ethyl adjacent to an activating group) is 1. The van der Waals surface area contributed by atoms with Crippen LogP contribution in [0.15, 0.2) is 91.3 Å². The molecule has 3 aromatic carbocycles. The van der Waals surface area contributed by atoms with Gasteiger partial charge in [-0.05, 0) is 86.4 Å². The van der Waals surface area contributed by atoms with Crippen molar-refractivity contribution in [3.63, 3.8) is 0 Å². The fraction of sp³-hybridized carbons (Fsp3) is 0.225. The predicted molar refractivity (Wildman–Crippen MR) is 207 cm³/mol. The maximum absolute atomic E-state index is 13.1. The van der Waals surface area contributed by atoms with E-state index in [-0.39, 0.29) is 30.0 Å². The molecule has 5 aromatic rings. The SMILES string of the molecule is Cc1cc(N2CCCCC2)c2cccc(OCc3c(Cl)ccc(N(C)C(=O)CNC(=O)C=Cc4ccc(C(=O)Nc5ccncc5)cc4)c3Cl)c2n1. The van der Waals surface area contributed by atoms with Crippen molar-refractivity contribution < 1.29 is 19.1 Å². The standard InChI is InChI=1S/C40H38Cl2N6O4/c1-26-23-34(48-21-4-3-5-22-48)30-7-6-8-35(39(30)45-26)52-25-31-32(41)14-15-33(38(31)42)47(2)37(50)24-44-36(49)16-11-27-9-12-28(13-10-27)40(51)46-29-17-19-43-20-18-29/h6-20,23H,3-5,21-22,24-25H2,1-2H3,(H,44,49)(H,43,46,51). The third kappa shape index (κ3) is 8.70. The predicted octanol–water partition coefficient (Wildman–Crippen LogP) is 7.86. The van der Waals surface area contributed by atoms with Gasteiger partial charge in [-0.15, -0.1) is 0 Å². The molecular formula is C40H38Cl2N6O4. The molecule has 12 heteroatoms. The highest BCUT2D eigenvalue weighted by Crippen LogP contribution is 2.37. The molecule has 1 saturated heterocycles. The molecule has 0 atom stereocenters. The van der Waals surface area contributed by atoms with Gasteiger partial charge in [0.1, 0.15) is 17.9 Å². The minimum atomic E-state index is -0.458. The van der Waals surface area contributed by atoms with Gasteiger partial charge in [-0.2, -0.15) is 0 Å². The van der Waals surface area contributed by atoms with E-state index in [1.165, 1.54) is 30.2 Å². The quantitative estimate of drug-likeness (QED) is 0.133. The number of benzene rings is 3. The second kappa shape index (κ2) is 16.7. The summed E-state index contributed by atoms with van der Waals surface area (Å²) in [5, 5.41) is 7.10. The Morgan fingerprint density at radius 2 is 1.71 bits per heavy atom. The average molecular weight is 738 g/mol. The lowest BCUT2D eigenvalue weighted by Crippen LogP contribution is -2.37. The molecule has 0 saturated carbocycles. The van der Waals surface area contributed by atoms with Crippen LogP contribution in [0.2, 0.25) is 10.0 Å². The van der Waals surface area contributed by atoms with Crippen LogP contribution < -0.4 is 25.2 Å². The van der Waals surface area contributed by atoms with Crippen LogP contribution >= 0.6 is 23.2 Å². The Kier molecular flexibility index (Phi) is 11.7. The number of amides is 3. The second-order valence-corrected chi connectivity index (χ2v) is 13.2. The van der Waals surface area contributed by atoms with Crippen molar-refractivity contribution in [3.05, 3.63) is 124 Å². The molecule has 0 bridgehead atoms. The molecule has 0 aliphatic carbocycles. The summed E-state index contributed by atoms with van der Waals surface area (Å²) in [7, 11) is 1.58. The van der Waals surface area contributed by atoms with E-state index in [1.54, 1.807) is 74.0 Å². The molecule has 0 unspecified atom stereocenters. The summed E-state index contributed by atoms with van der Waals surface area (Å²) >= 11 is 13.4. The number of carbonyl (C=O) groups is 3. The molecule has 0 spiro atoms. The highest BCUT2D eigenvalue weighted by atomic mass is 35.5. The van der Waals surface area contributed by atoms with E-state index in [0.29, 0.717) is 38.8 Å². The summed E-state index contributed by atoms with van der Waals surface area (Å²) in [4.78, 5) is 50.7. The number of anilines is 3. The Balaban J connectivity index is 1.06. The Morgan fingerprint density at radius 3 is 2.46 bits per heavy atom. The fourth-order valence-electron chi connectivity index (χ4n) is 6.00. The van der Waals surface area contributed by atoms with Crippen molar-refractivity contribution in [1.82, 2.24) is 15.3 Å². The number of aromatic nitrogens is 2. The zero-order valence-electron chi connectivity index (χ0n) is 28.9. The molecule has 3 amide bonds. The van der Waals surface area contributed by atoms with Gasteiger partial charge < -0.3 is 25.2 Å². The maximum atomic E-state index is 13.1. The van der Waals surface area contributed by atoms with Gasteiger partial charge in [0.25, 0.3) is 5.91 Å². The van der Waals surface area contributed by atoms with Crippen LogP contribution in [0.5, 0.6) is 5.75 Å². The smallest absolute Gasteiger partial charge is 0.255 e. The maximum Gasteiger partial charge on any atom is 0.255 e. The van der Waals surface area contributed by atoms with E-state index in [9.17, 15) is 14.4 Å². The number of ether oxygens (including phenoxy) is 1. The number of para-hydroxylation sites is 1.